The molecular formula is C17H18N2O3. The molecule has 22 heavy (non-hydrogen) atoms. The Morgan fingerprint density at radius 1 is 1.05 bits per heavy atom. The van der Waals surface area contributed by atoms with E-state index in [1.807, 2.05) is 47.1 Å². The van der Waals surface area contributed by atoms with Gasteiger partial charge in [-0.1, -0.05) is 6.07 Å². The van der Waals surface area contributed by atoms with Crippen molar-refractivity contribution in [1.29, 1.82) is 0 Å². The zero-order valence-corrected chi connectivity index (χ0v) is 12.6. The second-order valence-electron chi connectivity index (χ2n) is 5.06. The molecule has 0 aliphatic carbocycles. The topological polar surface area (TPSA) is 56.0 Å². The molecule has 0 radical (unpaired) electrons. The van der Waals surface area contributed by atoms with Crippen LogP contribution in [0.25, 0.3) is 5.65 Å². The smallest absolute Gasteiger partial charge is 0.160 e. The summed E-state index contributed by atoms with van der Waals surface area (Å²) in [6, 6.07) is 9.63. The number of nitrogens with zero attached hydrogens (tertiary/aromatic N) is 2. The Balaban J connectivity index is 1.89. The lowest BCUT2D eigenvalue weighted by molar-refractivity contribution is 0.282. The number of hydrogen-bond donors (Lipinski definition) is 1. The van der Waals surface area contributed by atoms with Crippen LogP contribution in [0.15, 0.2) is 42.7 Å². The number of hydrogen-bond acceptors (Lipinski definition) is 4. The normalized spacial score (nSPS) is 10.9. The van der Waals surface area contributed by atoms with E-state index >= 15 is 0 Å². The van der Waals surface area contributed by atoms with Gasteiger partial charge in [0.25, 0.3) is 0 Å². The fourth-order valence-electron chi connectivity index (χ4n) is 2.46. The summed E-state index contributed by atoms with van der Waals surface area (Å²) in [5.74, 6) is 1.43. The summed E-state index contributed by atoms with van der Waals surface area (Å²) >= 11 is 0. The van der Waals surface area contributed by atoms with E-state index in [0.717, 1.165) is 22.5 Å². The molecule has 0 spiro atoms. The minimum atomic E-state index is 0.0222. The Morgan fingerprint density at radius 2 is 1.86 bits per heavy atom. The Labute approximate surface area is 128 Å². The molecule has 1 N–H and O–H groups in total. The van der Waals surface area contributed by atoms with Gasteiger partial charge < -0.3 is 19.0 Å². The zero-order chi connectivity index (χ0) is 15.5. The lowest BCUT2D eigenvalue weighted by Crippen LogP contribution is -1.94. The molecule has 5 heteroatoms. The quantitative estimate of drug-likeness (QED) is 0.786. The van der Waals surface area contributed by atoms with Crippen LogP contribution < -0.4 is 9.47 Å². The van der Waals surface area contributed by atoms with Crippen molar-refractivity contribution < 1.29 is 14.6 Å². The maximum atomic E-state index is 9.18. The summed E-state index contributed by atoms with van der Waals surface area (Å²) in [7, 11) is 3.25. The molecule has 0 bridgehead atoms. The van der Waals surface area contributed by atoms with E-state index in [9.17, 15) is 5.11 Å². The zero-order valence-electron chi connectivity index (χ0n) is 12.6. The third-order valence-electron chi connectivity index (χ3n) is 3.59. The number of methoxy groups -OCH3 is 2. The van der Waals surface area contributed by atoms with Gasteiger partial charge in [-0.05, 0) is 35.4 Å². The molecule has 2 heterocycles. The van der Waals surface area contributed by atoms with Crippen molar-refractivity contribution in [2.24, 2.45) is 0 Å². The first-order chi connectivity index (χ1) is 10.7. The monoisotopic (exact) mass is 298 g/mol. The molecule has 0 aliphatic rings. The highest BCUT2D eigenvalue weighted by molar-refractivity contribution is 5.46. The van der Waals surface area contributed by atoms with Crippen molar-refractivity contribution in [1.82, 2.24) is 9.38 Å². The van der Waals surface area contributed by atoms with E-state index in [-0.39, 0.29) is 6.61 Å². The van der Waals surface area contributed by atoms with Crippen LogP contribution in [0.5, 0.6) is 11.5 Å². The number of imidazole rings is 1. The number of benzene rings is 1. The first-order valence-electron chi connectivity index (χ1n) is 7.01. The summed E-state index contributed by atoms with van der Waals surface area (Å²) in [6.45, 7) is 0.0222. The van der Waals surface area contributed by atoms with Crippen LogP contribution in [0, 0.1) is 0 Å². The molecule has 114 valence electrons. The molecule has 0 saturated heterocycles. The van der Waals surface area contributed by atoms with Gasteiger partial charge in [0.2, 0.25) is 0 Å². The average Bonchev–Trinajstić information content (AvgIpc) is 2.95. The summed E-state index contributed by atoms with van der Waals surface area (Å²) < 4.78 is 12.5. The number of pyridine rings is 1. The predicted molar refractivity (Wildman–Crippen MR) is 83.5 cm³/mol. The summed E-state index contributed by atoms with van der Waals surface area (Å²) in [6.07, 6.45) is 4.61. The first-order valence-corrected chi connectivity index (χ1v) is 7.01. The van der Waals surface area contributed by atoms with Crippen LogP contribution in [0.4, 0.5) is 0 Å². The third kappa shape index (κ3) is 2.76. The maximum Gasteiger partial charge on any atom is 0.160 e. The van der Waals surface area contributed by atoms with Gasteiger partial charge in [-0.3, -0.25) is 0 Å². The molecule has 2 aromatic heterocycles. The molecule has 1 aromatic carbocycles. The van der Waals surface area contributed by atoms with Gasteiger partial charge in [0.05, 0.1) is 26.5 Å². The second-order valence-corrected chi connectivity index (χ2v) is 5.06. The molecule has 0 amide bonds. The fourth-order valence-corrected chi connectivity index (χ4v) is 2.46. The molecule has 0 aliphatic heterocycles. The minimum Gasteiger partial charge on any atom is -0.493 e. The van der Waals surface area contributed by atoms with Crippen LogP contribution in [0.2, 0.25) is 0 Å². The van der Waals surface area contributed by atoms with Crippen LogP contribution >= 0.6 is 0 Å². The highest BCUT2D eigenvalue weighted by Gasteiger charge is 2.08. The minimum absolute atomic E-state index is 0.0222. The van der Waals surface area contributed by atoms with Gasteiger partial charge in [-0.25, -0.2) is 4.98 Å². The Kier molecular flexibility index (Phi) is 3.98. The lowest BCUT2D eigenvalue weighted by Gasteiger charge is -2.08. The average molecular weight is 298 g/mol. The number of fused-ring (bicyclic) bond motifs is 1. The van der Waals surface area contributed by atoms with E-state index in [4.69, 9.17) is 9.47 Å². The van der Waals surface area contributed by atoms with Gasteiger partial charge in [0.15, 0.2) is 11.5 Å². The number of rotatable bonds is 5. The Bertz CT molecular complexity index is 796. The molecule has 0 atom stereocenters. The molecule has 3 aromatic rings. The third-order valence-corrected chi connectivity index (χ3v) is 3.59. The van der Waals surface area contributed by atoms with Gasteiger partial charge in [0.1, 0.15) is 5.65 Å². The standard InChI is InChI=1S/C17H18N2O3/c1-21-15-4-3-12(8-16(15)22-2)7-14-10-19-6-5-13(11-20)9-17(19)18-14/h3-6,8-10,20H,7,11H2,1-2H3. The first kappa shape index (κ1) is 14.4. The van der Waals surface area contributed by atoms with Crippen LogP contribution in [0.1, 0.15) is 16.8 Å². The SMILES string of the molecule is COc1ccc(Cc2cn3ccc(CO)cc3n2)cc1OC. The molecule has 0 unspecified atom stereocenters. The second kappa shape index (κ2) is 6.07. The lowest BCUT2D eigenvalue weighted by atomic mass is 10.1. The fraction of sp³-hybridized carbons (Fsp3) is 0.235. The van der Waals surface area contributed by atoms with Crippen molar-refractivity contribution in [2.45, 2.75) is 13.0 Å². The highest BCUT2D eigenvalue weighted by Crippen LogP contribution is 2.28. The van der Waals surface area contributed by atoms with Gasteiger partial charge in [-0.2, -0.15) is 0 Å². The number of aliphatic hydroxyl groups is 1. The molecule has 0 fully saturated rings. The number of ether oxygens (including phenoxy) is 2. The largest absolute Gasteiger partial charge is 0.493 e. The molecule has 0 saturated carbocycles. The summed E-state index contributed by atoms with van der Waals surface area (Å²) in [5, 5.41) is 9.18. The summed E-state index contributed by atoms with van der Waals surface area (Å²) in [5.41, 5.74) is 3.75. The van der Waals surface area contributed by atoms with Crippen LogP contribution in [0.3, 0.4) is 0 Å². The van der Waals surface area contributed by atoms with E-state index in [2.05, 4.69) is 4.98 Å². The maximum absolute atomic E-state index is 9.18. The Hall–Kier alpha value is -2.53. The number of aromatic nitrogens is 2. The molecule has 3 rings (SSSR count). The van der Waals surface area contributed by atoms with Gasteiger partial charge >= 0.3 is 0 Å². The van der Waals surface area contributed by atoms with Crippen molar-refractivity contribution in [3.63, 3.8) is 0 Å². The van der Waals surface area contributed by atoms with Crippen LogP contribution in [-0.2, 0) is 13.0 Å². The van der Waals surface area contributed by atoms with Crippen molar-refractivity contribution >= 4 is 5.65 Å². The van der Waals surface area contributed by atoms with Crippen LogP contribution in [-0.4, -0.2) is 28.7 Å². The highest BCUT2D eigenvalue weighted by atomic mass is 16.5. The van der Waals surface area contributed by atoms with Crippen molar-refractivity contribution in [3.05, 3.63) is 59.5 Å². The van der Waals surface area contributed by atoms with Gasteiger partial charge in [-0.15, -0.1) is 0 Å². The molecular weight excluding hydrogens is 280 g/mol. The predicted octanol–water partition coefficient (Wildman–Crippen LogP) is 2.43. The van der Waals surface area contributed by atoms with E-state index in [0.29, 0.717) is 17.9 Å². The number of aliphatic hydroxyl groups excluding tert-OH is 1. The van der Waals surface area contributed by atoms with Gasteiger partial charge in [0, 0.05) is 18.8 Å². The van der Waals surface area contributed by atoms with E-state index in [1.165, 1.54) is 0 Å². The molecule has 5 nitrogen and oxygen atoms in total. The van der Waals surface area contributed by atoms with E-state index in [1.54, 1.807) is 14.2 Å². The van der Waals surface area contributed by atoms with E-state index < -0.39 is 0 Å². The van der Waals surface area contributed by atoms with Crippen molar-refractivity contribution in [2.75, 3.05) is 14.2 Å². The summed E-state index contributed by atoms with van der Waals surface area (Å²) in [4.78, 5) is 4.59. The Morgan fingerprint density at radius 3 is 2.59 bits per heavy atom. The van der Waals surface area contributed by atoms with Crippen molar-refractivity contribution in [3.8, 4) is 11.5 Å².